The molecule has 2 aromatic rings. The van der Waals surface area contributed by atoms with E-state index in [0.717, 1.165) is 0 Å². The van der Waals surface area contributed by atoms with Crippen LogP contribution in [-0.4, -0.2) is 32.9 Å². The van der Waals surface area contributed by atoms with Gasteiger partial charge in [-0.25, -0.2) is 0 Å². The molecule has 28 heavy (non-hydrogen) atoms. The number of hydrogen-bond acceptors (Lipinski definition) is 4. The van der Waals surface area contributed by atoms with Crippen LogP contribution in [0.5, 0.6) is 17.2 Å². The number of ether oxygens (including phenoxy) is 3. The van der Waals surface area contributed by atoms with Gasteiger partial charge in [0.25, 0.3) is 0 Å². The summed E-state index contributed by atoms with van der Waals surface area (Å²) in [5, 5.41) is 2.68. The third-order valence-corrected chi connectivity index (χ3v) is 3.68. The highest BCUT2D eigenvalue weighted by atomic mass is 35.5. The Morgan fingerprint density at radius 1 is 1.11 bits per heavy atom. The van der Waals surface area contributed by atoms with Crippen LogP contribution in [0.2, 0.25) is 5.02 Å². The van der Waals surface area contributed by atoms with E-state index >= 15 is 0 Å². The largest absolute Gasteiger partial charge is 0.497 e. The van der Waals surface area contributed by atoms with E-state index in [-0.39, 0.29) is 16.5 Å². The van der Waals surface area contributed by atoms with Gasteiger partial charge < -0.3 is 19.5 Å². The fraction of sp³-hybridized carbons (Fsp3) is 0.211. The minimum absolute atomic E-state index is 0.0214. The number of alkyl halides is 3. The molecule has 0 aliphatic carbocycles. The number of halogens is 4. The molecule has 9 heteroatoms. The summed E-state index contributed by atoms with van der Waals surface area (Å²) < 4.78 is 52.2. The zero-order valence-corrected chi connectivity index (χ0v) is 15.7. The quantitative estimate of drug-likeness (QED) is 0.650. The van der Waals surface area contributed by atoms with Crippen molar-refractivity contribution in [1.82, 2.24) is 0 Å². The average Bonchev–Trinajstić information content (AvgIpc) is 2.64. The number of rotatable bonds is 7. The maximum atomic E-state index is 12.4. The van der Waals surface area contributed by atoms with E-state index in [9.17, 15) is 18.0 Å². The molecule has 0 bridgehead atoms. The number of nitrogens with one attached hydrogen (secondary N) is 1. The van der Waals surface area contributed by atoms with E-state index in [2.05, 4.69) is 5.32 Å². The van der Waals surface area contributed by atoms with E-state index in [1.807, 2.05) is 0 Å². The highest BCUT2D eigenvalue weighted by molar-refractivity contribution is 6.31. The second-order valence-corrected chi connectivity index (χ2v) is 5.91. The Morgan fingerprint density at radius 2 is 1.86 bits per heavy atom. The third-order valence-electron chi connectivity index (χ3n) is 3.45. The van der Waals surface area contributed by atoms with Crippen molar-refractivity contribution in [3.63, 3.8) is 0 Å². The minimum Gasteiger partial charge on any atom is -0.497 e. The Labute approximate surface area is 164 Å². The number of amides is 1. The first-order valence-corrected chi connectivity index (χ1v) is 8.30. The Balaban J connectivity index is 2.14. The highest BCUT2D eigenvalue weighted by Crippen LogP contribution is 2.30. The molecule has 0 saturated carbocycles. The second kappa shape index (κ2) is 9.36. The molecule has 0 fully saturated rings. The van der Waals surface area contributed by atoms with Crippen molar-refractivity contribution < 1.29 is 32.2 Å². The lowest BCUT2D eigenvalue weighted by molar-refractivity contribution is -0.153. The molecule has 0 atom stereocenters. The van der Waals surface area contributed by atoms with Crippen LogP contribution in [0.3, 0.4) is 0 Å². The Kier molecular flexibility index (Phi) is 7.17. The molecule has 2 aromatic carbocycles. The molecule has 2 rings (SSSR count). The highest BCUT2D eigenvalue weighted by Gasteiger charge is 2.29. The van der Waals surface area contributed by atoms with Crippen LogP contribution in [0, 0.1) is 0 Å². The molecule has 0 saturated heterocycles. The second-order valence-electron chi connectivity index (χ2n) is 5.47. The fourth-order valence-electron chi connectivity index (χ4n) is 2.18. The first-order chi connectivity index (χ1) is 13.2. The number of carbonyl (C=O) groups is 1. The topological polar surface area (TPSA) is 56.8 Å². The van der Waals surface area contributed by atoms with Crippen LogP contribution in [0.1, 0.15) is 5.56 Å². The van der Waals surface area contributed by atoms with Gasteiger partial charge in [-0.15, -0.1) is 0 Å². The molecular weight excluding hydrogens is 399 g/mol. The standard InChI is InChI=1S/C19H17ClF3NO4/c1-26-14-6-3-12(17(10-14)27-2)4-8-18(25)24-15-9-13(20)5-7-16(15)28-11-19(21,22)23/h3-10H,11H2,1-2H3,(H,24,25)/b8-4+. The maximum absolute atomic E-state index is 12.4. The van der Waals surface area contributed by atoms with Crippen molar-refractivity contribution in [2.45, 2.75) is 6.18 Å². The van der Waals surface area contributed by atoms with Gasteiger partial charge in [0.2, 0.25) is 5.91 Å². The van der Waals surface area contributed by atoms with Gasteiger partial charge in [0.05, 0.1) is 19.9 Å². The van der Waals surface area contributed by atoms with Crippen LogP contribution in [-0.2, 0) is 4.79 Å². The van der Waals surface area contributed by atoms with Gasteiger partial charge in [-0.1, -0.05) is 11.6 Å². The van der Waals surface area contributed by atoms with E-state index in [1.54, 1.807) is 18.2 Å². The van der Waals surface area contributed by atoms with Gasteiger partial charge in [0.15, 0.2) is 6.61 Å². The van der Waals surface area contributed by atoms with Crippen molar-refractivity contribution in [3.05, 3.63) is 53.1 Å². The predicted octanol–water partition coefficient (Wildman–Crippen LogP) is 4.95. The lowest BCUT2D eigenvalue weighted by Gasteiger charge is -2.13. The van der Waals surface area contributed by atoms with E-state index in [1.165, 1.54) is 44.6 Å². The predicted molar refractivity (Wildman–Crippen MR) is 100 cm³/mol. The third kappa shape index (κ3) is 6.38. The van der Waals surface area contributed by atoms with Crippen molar-refractivity contribution in [2.75, 3.05) is 26.1 Å². The molecule has 0 spiro atoms. The van der Waals surface area contributed by atoms with Crippen molar-refractivity contribution >= 4 is 29.3 Å². The normalized spacial score (nSPS) is 11.4. The van der Waals surface area contributed by atoms with Gasteiger partial charge in [-0.05, 0) is 36.4 Å². The van der Waals surface area contributed by atoms with Crippen LogP contribution in [0.25, 0.3) is 6.08 Å². The van der Waals surface area contributed by atoms with Crippen molar-refractivity contribution in [1.29, 1.82) is 0 Å². The van der Waals surface area contributed by atoms with Gasteiger partial charge in [0.1, 0.15) is 17.2 Å². The van der Waals surface area contributed by atoms with Crippen LogP contribution >= 0.6 is 11.6 Å². The van der Waals surface area contributed by atoms with Crippen LogP contribution in [0.15, 0.2) is 42.5 Å². The lowest BCUT2D eigenvalue weighted by Crippen LogP contribution is -2.20. The Bertz CT molecular complexity index is 869. The molecule has 1 amide bonds. The SMILES string of the molecule is COc1ccc(/C=C/C(=O)Nc2cc(Cl)ccc2OCC(F)(F)F)c(OC)c1. The average molecular weight is 416 g/mol. The summed E-state index contributed by atoms with van der Waals surface area (Å²) in [6, 6.07) is 8.95. The number of benzene rings is 2. The molecule has 0 unspecified atom stereocenters. The molecular formula is C19H17ClF3NO4. The molecule has 0 aromatic heterocycles. The van der Waals surface area contributed by atoms with Gasteiger partial charge in [0, 0.05) is 22.7 Å². The monoisotopic (exact) mass is 415 g/mol. The summed E-state index contributed by atoms with van der Waals surface area (Å²) in [5.74, 6) is 0.340. The summed E-state index contributed by atoms with van der Waals surface area (Å²) in [6.45, 7) is -1.49. The van der Waals surface area contributed by atoms with E-state index in [4.69, 9.17) is 25.8 Å². The van der Waals surface area contributed by atoms with E-state index < -0.39 is 18.7 Å². The molecule has 0 heterocycles. The number of carbonyl (C=O) groups excluding carboxylic acids is 1. The lowest BCUT2D eigenvalue weighted by atomic mass is 10.1. The minimum atomic E-state index is -4.51. The zero-order valence-electron chi connectivity index (χ0n) is 15.0. The molecule has 0 radical (unpaired) electrons. The summed E-state index contributed by atoms with van der Waals surface area (Å²) >= 11 is 5.86. The first-order valence-electron chi connectivity index (χ1n) is 7.92. The summed E-state index contributed by atoms with van der Waals surface area (Å²) in [7, 11) is 2.99. The summed E-state index contributed by atoms with van der Waals surface area (Å²) in [5.41, 5.74) is 0.631. The Morgan fingerprint density at radius 3 is 2.50 bits per heavy atom. The summed E-state index contributed by atoms with van der Waals surface area (Å²) in [4.78, 5) is 12.2. The number of hydrogen-bond donors (Lipinski definition) is 1. The van der Waals surface area contributed by atoms with Crippen molar-refractivity contribution in [3.8, 4) is 17.2 Å². The van der Waals surface area contributed by atoms with Gasteiger partial charge in [-0.3, -0.25) is 4.79 Å². The maximum Gasteiger partial charge on any atom is 0.422 e. The number of methoxy groups -OCH3 is 2. The zero-order chi connectivity index (χ0) is 20.7. The molecule has 5 nitrogen and oxygen atoms in total. The van der Waals surface area contributed by atoms with Gasteiger partial charge in [-0.2, -0.15) is 13.2 Å². The van der Waals surface area contributed by atoms with Crippen molar-refractivity contribution in [2.24, 2.45) is 0 Å². The smallest absolute Gasteiger partial charge is 0.422 e. The Hall–Kier alpha value is -2.87. The summed E-state index contributed by atoms with van der Waals surface area (Å²) in [6.07, 6.45) is -1.81. The number of anilines is 1. The fourth-order valence-corrected chi connectivity index (χ4v) is 2.35. The molecule has 0 aliphatic rings. The van der Waals surface area contributed by atoms with E-state index in [0.29, 0.717) is 17.1 Å². The molecule has 1 N–H and O–H groups in total. The molecule has 150 valence electrons. The van der Waals surface area contributed by atoms with Crippen LogP contribution in [0.4, 0.5) is 18.9 Å². The van der Waals surface area contributed by atoms with Gasteiger partial charge >= 0.3 is 6.18 Å². The molecule has 0 aliphatic heterocycles. The first kappa shape index (κ1) is 21.4. The van der Waals surface area contributed by atoms with Crippen LogP contribution < -0.4 is 19.5 Å².